The second kappa shape index (κ2) is 10.4. The summed E-state index contributed by atoms with van der Waals surface area (Å²) in [5.74, 6) is -0.883. The van der Waals surface area contributed by atoms with Crippen molar-refractivity contribution in [1.82, 2.24) is 5.32 Å². The number of rotatable bonds is 8. The number of hydrogen-bond acceptors (Lipinski definition) is 5. The molecule has 0 aliphatic heterocycles. The zero-order chi connectivity index (χ0) is 18.9. The van der Waals surface area contributed by atoms with E-state index in [1.54, 1.807) is 31.2 Å². The summed E-state index contributed by atoms with van der Waals surface area (Å²) in [5, 5.41) is 6.19. The first-order valence-electron chi connectivity index (χ1n) is 8.57. The van der Waals surface area contributed by atoms with Gasteiger partial charge in [0, 0.05) is 16.8 Å². The fourth-order valence-electron chi connectivity index (χ4n) is 2.63. The van der Waals surface area contributed by atoms with Crippen LogP contribution in [0.1, 0.15) is 32.6 Å². The van der Waals surface area contributed by atoms with Gasteiger partial charge in [0.15, 0.2) is 6.10 Å². The summed E-state index contributed by atoms with van der Waals surface area (Å²) >= 11 is 6.92. The topological polar surface area (TPSA) is 84.5 Å². The normalized spacial score (nSPS) is 15.3. The van der Waals surface area contributed by atoms with Crippen LogP contribution in [-0.2, 0) is 19.1 Å². The summed E-state index contributed by atoms with van der Waals surface area (Å²) in [6.07, 6.45) is 3.36. The van der Waals surface area contributed by atoms with E-state index in [1.807, 2.05) is 0 Å². The van der Waals surface area contributed by atoms with Crippen LogP contribution in [0.25, 0.3) is 0 Å². The molecule has 1 aromatic carbocycles. The van der Waals surface area contributed by atoms with Crippen molar-refractivity contribution in [3.63, 3.8) is 0 Å². The monoisotopic (exact) mass is 398 g/mol. The largest absolute Gasteiger partial charge is 0.452 e. The molecule has 0 heterocycles. The first-order chi connectivity index (χ1) is 12.4. The third kappa shape index (κ3) is 7.25. The number of carbonyl (C=O) groups excluding carboxylic acids is 3. The minimum atomic E-state index is -0.827. The fourth-order valence-corrected chi connectivity index (χ4v) is 3.35. The molecule has 142 valence electrons. The fraction of sp³-hybridized carbons (Fsp3) is 0.500. The molecule has 8 heteroatoms. The van der Waals surface area contributed by atoms with Gasteiger partial charge in [0.1, 0.15) is 0 Å². The van der Waals surface area contributed by atoms with Gasteiger partial charge < -0.3 is 15.4 Å². The molecule has 6 nitrogen and oxygen atoms in total. The number of hydrogen-bond donors (Lipinski definition) is 2. The molecule has 2 N–H and O–H groups in total. The highest BCUT2D eigenvalue weighted by Crippen LogP contribution is 2.18. The van der Waals surface area contributed by atoms with E-state index in [0.29, 0.717) is 10.7 Å². The van der Waals surface area contributed by atoms with E-state index in [1.165, 1.54) is 0 Å². The summed E-state index contributed by atoms with van der Waals surface area (Å²) < 4.78 is 5.12. The molecule has 1 aliphatic carbocycles. The van der Waals surface area contributed by atoms with E-state index in [9.17, 15) is 14.4 Å². The molecule has 1 aliphatic rings. The van der Waals surface area contributed by atoms with Crippen molar-refractivity contribution in [3.8, 4) is 0 Å². The van der Waals surface area contributed by atoms with Crippen molar-refractivity contribution in [2.24, 2.45) is 0 Å². The number of carbonyl (C=O) groups is 3. The van der Waals surface area contributed by atoms with Gasteiger partial charge >= 0.3 is 5.97 Å². The van der Waals surface area contributed by atoms with Gasteiger partial charge in [-0.1, -0.05) is 24.4 Å². The van der Waals surface area contributed by atoms with E-state index in [0.717, 1.165) is 37.4 Å². The van der Waals surface area contributed by atoms with Crippen LogP contribution in [0.5, 0.6) is 0 Å². The van der Waals surface area contributed by atoms with E-state index in [4.69, 9.17) is 16.3 Å². The minimum absolute atomic E-state index is 0.00901. The van der Waals surface area contributed by atoms with Crippen LogP contribution in [0.4, 0.5) is 5.69 Å². The summed E-state index contributed by atoms with van der Waals surface area (Å²) in [6, 6.07) is 6.95. The van der Waals surface area contributed by atoms with Gasteiger partial charge in [0.25, 0.3) is 5.91 Å². The van der Waals surface area contributed by atoms with Crippen LogP contribution in [0, 0.1) is 0 Å². The maximum Gasteiger partial charge on any atom is 0.316 e. The van der Waals surface area contributed by atoms with Crippen LogP contribution >= 0.6 is 23.4 Å². The summed E-state index contributed by atoms with van der Waals surface area (Å²) in [5.41, 5.74) is 0.639. The highest BCUT2D eigenvalue weighted by Gasteiger charge is 2.23. The molecule has 0 unspecified atom stereocenters. The van der Waals surface area contributed by atoms with Gasteiger partial charge in [-0.05, 0) is 44.0 Å². The number of nitrogens with one attached hydrogen (secondary N) is 2. The van der Waals surface area contributed by atoms with E-state index < -0.39 is 12.1 Å². The summed E-state index contributed by atoms with van der Waals surface area (Å²) in [7, 11) is 0. The van der Waals surface area contributed by atoms with Crippen LogP contribution in [-0.4, -0.2) is 41.4 Å². The van der Waals surface area contributed by atoms with E-state index >= 15 is 0 Å². The molecule has 0 spiro atoms. The lowest BCUT2D eigenvalue weighted by Crippen LogP contribution is -2.41. The van der Waals surface area contributed by atoms with Gasteiger partial charge in [-0.25, -0.2) is 0 Å². The molecule has 2 amide bonds. The summed E-state index contributed by atoms with van der Waals surface area (Å²) in [4.78, 5) is 35.6. The van der Waals surface area contributed by atoms with Gasteiger partial charge in [0.05, 0.1) is 11.5 Å². The van der Waals surface area contributed by atoms with Crippen molar-refractivity contribution < 1.29 is 19.1 Å². The Labute approximate surface area is 162 Å². The Hall–Kier alpha value is -1.73. The molecular formula is C18H23ClN2O4S. The standard InChI is InChI=1S/C18H23ClN2O4S/c1-12(18(24)21-14-4-2-3-5-14)25-17(23)11-26-10-16(22)20-15-8-6-13(19)7-9-15/h6-9,12,14H,2-5,10-11H2,1H3,(H,20,22)(H,21,24)/t12-/m1/s1. The number of amides is 2. The molecule has 1 atom stereocenters. The average molecular weight is 399 g/mol. The minimum Gasteiger partial charge on any atom is -0.452 e. The van der Waals surface area contributed by atoms with E-state index in [2.05, 4.69) is 10.6 Å². The Morgan fingerprint density at radius 2 is 1.85 bits per heavy atom. The predicted molar refractivity (Wildman–Crippen MR) is 103 cm³/mol. The van der Waals surface area contributed by atoms with Crippen LogP contribution < -0.4 is 10.6 Å². The third-order valence-electron chi connectivity index (χ3n) is 3.96. The lowest BCUT2D eigenvalue weighted by molar-refractivity contribution is -0.152. The van der Waals surface area contributed by atoms with Gasteiger partial charge in [-0.2, -0.15) is 0 Å². The van der Waals surface area contributed by atoms with Crippen molar-refractivity contribution in [1.29, 1.82) is 0 Å². The lowest BCUT2D eigenvalue weighted by Gasteiger charge is -2.17. The molecule has 0 radical (unpaired) electrons. The van der Waals surface area contributed by atoms with Gasteiger partial charge in [-0.3, -0.25) is 14.4 Å². The molecule has 2 rings (SSSR count). The number of anilines is 1. The average Bonchev–Trinajstić information content (AvgIpc) is 3.09. The molecule has 1 fully saturated rings. The molecule has 1 aromatic rings. The first kappa shape index (κ1) is 20.6. The zero-order valence-corrected chi connectivity index (χ0v) is 16.2. The Bertz CT molecular complexity index is 633. The highest BCUT2D eigenvalue weighted by atomic mass is 35.5. The maximum atomic E-state index is 12.0. The van der Waals surface area contributed by atoms with Gasteiger partial charge in [0.2, 0.25) is 5.91 Å². The molecule has 0 aromatic heterocycles. The molecule has 26 heavy (non-hydrogen) atoms. The molecule has 0 bridgehead atoms. The number of esters is 1. The Morgan fingerprint density at radius 3 is 2.50 bits per heavy atom. The number of benzene rings is 1. The highest BCUT2D eigenvalue weighted by molar-refractivity contribution is 8.00. The van der Waals surface area contributed by atoms with Crippen molar-refractivity contribution in [2.45, 2.75) is 44.8 Å². The first-order valence-corrected chi connectivity index (χ1v) is 10.1. The number of thioether (sulfide) groups is 1. The Kier molecular flexibility index (Phi) is 8.25. The second-order valence-corrected chi connectivity index (χ2v) is 7.59. The van der Waals surface area contributed by atoms with Crippen LogP contribution in [0.3, 0.4) is 0 Å². The molecular weight excluding hydrogens is 376 g/mol. The van der Waals surface area contributed by atoms with Crippen molar-refractivity contribution in [2.75, 3.05) is 16.8 Å². The smallest absolute Gasteiger partial charge is 0.316 e. The quantitative estimate of drug-likeness (QED) is 0.657. The van der Waals surface area contributed by atoms with Crippen LogP contribution in [0.2, 0.25) is 5.02 Å². The number of ether oxygens (including phenoxy) is 1. The summed E-state index contributed by atoms with van der Waals surface area (Å²) in [6.45, 7) is 1.56. The van der Waals surface area contributed by atoms with Gasteiger partial charge in [-0.15, -0.1) is 11.8 Å². The predicted octanol–water partition coefficient (Wildman–Crippen LogP) is 3.00. The molecule has 1 saturated carbocycles. The molecule has 0 saturated heterocycles. The lowest BCUT2D eigenvalue weighted by atomic mass is 10.2. The van der Waals surface area contributed by atoms with Crippen LogP contribution in [0.15, 0.2) is 24.3 Å². The second-order valence-electron chi connectivity index (χ2n) is 6.17. The Morgan fingerprint density at radius 1 is 1.19 bits per heavy atom. The SMILES string of the molecule is C[C@@H](OC(=O)CSCC(=O)Nc1ccc(Cl)cc1)C(=O)NC1CCCC1. The zero-order valence-electron chi connectivity index (χ0n) is 14.6. The van der Waals surface area contributed by atoms with Crippen molar-refractivity contribution in [3.05, 3.63) is 29.3 Å². The maximum absolute atomic E-state index is 12.0. The number of halogens is 1. The van der Waals surface area contributed by atoms with Crippen molar-refractivity contribution >= 4 is 46.8 Å². The van der Waals surface area contributed by atoms with E-state index in [-0.39, 0.29) is 29.4 Å². The Balaban J connectivity index is 1.62. The third-order valence-corrected chi connectivity index (χ3v) is 5.12.